The monoisotopic (exact) mass is 283 g/mol. The van der Waals surface area contributed by atoms with E-state index in [2.05, 4.69) is 9.98 Å². The summed E-state index contributed by atoms with van der Waals surface area (Å²) in [6.45, 7) is 0. The fourth-order valence-electron chi connectivity index (χ4n) is 2.04. The number of nitrogens with zero attached hydrogens (tertiary/aromatic N) is 3. The molecule has 0 unspecified atom stereocenters. The maximum Gasteiger partial charge on any atom is 0.286 e. The van der Waals surface area contributed by atoms with E-state index in [0.717, 1.165) is 5.56 Å². The van der Waals surface area contributed by atoms with E-state index < -0.39 is 0 Å². The lowest BCUT2D eigenvalue weighted by Crippen LogP contribution is -2.35. The molecule has 6 heteroatoms. The van der Waals surface area contributed by atoms with Crippen LogP contribution in [0.25, 0.3) is 6.08 Å². The Bertz CT molecular complexity index is 702. The number of carbonyl (C=O) groups excluding carboxylic acids is 1. The molecule has 21 heavy (non-hydrogen) atoms. The fraction of sp³-hybridized carbons (Fsp3) is 0.133. The Morgan fingerprint density at radius 3 is 2.52 bits per heavy atom. The highest BCUT2D eigenvalue weighted by Crippen LogP contribution is 2.25. The number of hydrogen-bond donors (Lipinski definition) is 0. The summed E-state index contributed by atoms with van der Waals surface area (Å²) >= 11 is 0. The molecule has 0 aromatic heterocycles. The van der Waals surface area contributed by atoms with Crippen LogP contribution in [0.4, 0.5) is 0 Å². The average molecular weight is 283 g/mol. The number of rotatable bonds is 2. The third-order valence-corrected chi connectivity index (χ3v) is 3.04. The molecule has 0 radical (unpaired) electrons. The van der Waals surface area contributed by atoms with Crippen LogP contribution in [0.15, 0.2) is 58.0 Å². The third-order valence-electron chi connectivity index (χ3n) is 3.04. The van der Waals surface area contributed by atoms with Crippen molar-refractivity contribution in [1.29, 1.82) is 0 Å². The van der Waals surface area contributed by atoms with Gasteiger partial charge in [0, 0.05) is 0 Å². The van der Waals surface area contributed by atoms with Gasteiger partial charge in [-0.1, -0.05) is 30.3 Å². The first kappa shape index (κ1) is 13.1. The van der Waals surface area contributed by atoms with E-state index in [9.17, 15) is 4.79 Å². The molecule has 0 bridgehead atoms. The van der Waals surface area contributed by atoms with E-state index in [0.29, 0.717) is 17.5 Å². The molecule has 2 aliphatic heterocycles. The van der Waals surface area contributed by atoms with Gasteiger partial charge in [-0.25, -0.2) is 9.89 Å². The zero-order valence-corrected chi connectivity index (χ0v) is 11.6. The standard InChI is InChI=1S/C15H13N3O3/c1-20-12-9-13(21-2)18-14(19)11(16-15(18)17-12)8-10-6-4-3-5-7-10/h3-9H,1-2H3/b11-8-. The number of fused-ring (bicyclic) bond motifs is 1. The second-order valence-electron chi connectivity index (χ2n) is 4.33. The van der Waals surface area contributed by atoms with E-state index in [1.807, 2.05) is 30.3 Å². The van der Waals surface area contributed by atoms with Crippen molar-refractivity contribution in [2.75, 3.05) is 14.2 Å². The molecule has 2 heterocycles. The molecule has 1 aromatic rings. The SMILES string of the molecule is COC1=CC(OC)=NC2=N/C(=C\c3ccccc3)C(=O)N12. The zero-order valence-electron chi connectivity index (χ0n) is 11.6. The molecule has 0 atom stereocenters. The van der Waals surface area contributed by atoms with Crippen LogP contribution in [-0.2, 0) is 14.3 Å². The summed E-state index contributed by atoms with van der Waals surface area (Å²) in [6, 6.07) is 9.50. The number of guanidine groups is 1. The van der Waals surface area contributed by atoms with Crippen molar-refractivity contribution < 1.29 is 14.3 Å². The number of carbonyl (C=O) groups is 1. The van der Waals surface area contributed by atoms with Gasteiger partial charge in [-0.15, -0.1) is 0 Å². The molecule has 2 aliphatic rings. The van der Waals surface area contributed by atoms with Gasteiger partial charge < -0.3 is 9.47 Å². The van der Waals surface area contributed by atoms with Crippen molar-refractivity contribution in [3.8, 4) is 0 Å². The Hall–Kier alpha value is -2.89. The zero-order chi connectivity index (χ0) is 14.8. The van der Waals surface area contributed by atoms with Gasteiger partial charge in [-0.05, 0) is 11.6 Å². The van der Waals surface area contributed by atoms with Crippen molar-refractivity contribution in [2.24, 2.45) is 9.98 Å². The molecule has 0 saturated carbocycles. The van der Waals surface area contributed by atoms with Crippen LogP contribution in [-0.4, -0.2) is 36.9 Å². The summed E-state index contributed by atoms with van der Waals surface area (Å²) in [5.41, 5.74) is 1.20. The van der Waals surface area contributed by atoms with Crippen LogP contribution in [0.1, 0.15) is 5.56 Å². The minimum absolute atomic E-state index is 0.249. The highest BCUT2D eigenvalue weighted by atomic mass is 16.5. The summed E-state index contributed by atoms with van der Waals surface area (Å²) < 4.78 is 10.3. The molecule has 0 fully saturated rings. The third kappa shape index (κ3) is 2.31. The molecule has 3 rings (SSSR count). The quantitative estimate of drug-likeness (QED) is 0.777. The number of ether oxygens (including phenoxy) is 2. The van der Waals surface area contributed by atoms with Crippen LogP contribution in [0.5, 0.6) is 0 Å². The molecule has 0 spiro atoms. The van der Waals surface area contributed by atoms with Gasteiger partial charge in [0.25, 0.3) is 5.91 Å². The highest BCUT2D eigenvalue weighted by Gasteiger charge is 2.36. The lowest BCUT2D eigenvalue weighted by molar-refractivity contribution is -0.122. The van der Waals surface area contributed by atoms with Crippen LogP contribution < -0.4 is 0 Å². The summed E-state index contributed by atoms with van der Waals surface area (Å²) in [5.74, 6) is 0.650. The summed E-state index contributed by atoms with van der Waals surface area (Å²) in [7, 11) is 2.98. The Morgan fingerprint density at radius 2 is 1.86 bits per heavy atom. The van der Waals surface area contributed by atoms with E-state index in [4.69, 9.17) is 9.47 Å². The Labute approximate surface area is 121 Å². The first-order valence-corrected chi connectivity index (χ1v) is 6.31. The Balaban J connectivity index is 2.01. The maximum absolute atomic E-state index is 12.4. The first-order valence-electron chi connectivity index (χ1n) is 6.31. The number of hydrogen-bond acceptors (Lipinski definition) is 5. The van der Waals surface area contributed by atoms with Gasteiger partial charge in [-0.3, -0.25) is 4.79 Å². The topological polar surface area (TPSA) is 63.5 Å². The Kier molecular flexibility index (Phi) is 3.27. The number of aliphatic imine (C=N–C) groups is 2. The van der Waals surface area contributed by atoms with Gasteiger partial charge in [0.2, 0.25) is 17.7 Å². The average Bonchev–Trinajstić information content (AvgIpc) is 2.83. The van der Waals surface area contributed by atoms with Crippen LogP contribution >= 0.6 is 0 Å². The van der Waals surface area contributed by atoms with Crippen molar-refractivity contribution in [1.82, 2.24) is 4.90 Å². The van der Waals surface area contributed by atoms with Crippen molar-refractivity contribution >= 4 is 23.8 Å². The summed E-state index contributed by atoms with van der Waals surface area (Å²) in [5, 5.41) is 0. The van der Waals surface area contributed by atoms with Gasteiger partial charge in [0.1, 0.15) is 5.70 Å². The summed E-state index contributed by atoms with van der Waals surface area (Å²) in [6.07, 6.45) is 3.26. The van der Waals surface area contributed by atoms with Gasteiger partial charge in [0.05, 0.1) is 20.3 Å². The van der Waals surface area contributed by atoms with Crippen LogP contribution in [0.3, 0.4) is 0 Å². The molecule has 1 amide bonds. The van der Waals surface area contributed by atoms with Crippen molar-refractivity contribution in [3.05, 3.63) is 53.6 Å². The number of amides is 1. The number of methoxy groups -OCH3 is 2. The molecule has 0 N–H and O–H groups in total. The molecular weight excluding hydrogens is 270 g/mol. The maximum atomic E-state index is 12.4. The van der Waals surface area contributed by atoms with Crippen molar-refractivity contribution in [3.63, 3.8) is 0 Å². The molecular formula is C15H13N3O3. The van der Waals surface area contributed by atoms with Gasteiger partial charge in [0.15, 0.2) is 0 Å². The normalized spacial score (nSPS) is 19.0. The van der Waals surface area contributed by atoms with E-state index in [1.165, 1.54) is 19.1 Å². The molecule has 1 aromatic carbocycles. The Morgan fingerprint density at radius 1 is 1.10 bits per heavy atom. The molecule has 106 valence electrons. The first-order chi connectivity index (χ1) is 10.2. The largest absolute Gasteiger partial charge is 0.482 e. The second-order valence-corrected chi connectivity index (χ2v) is 4.33. The van der Waals surface area contributed by atoms with Crippen LogP contribution in [0.2, 0.25) is 0 Å². The predicted molar refractivity (Wildman–Crippen MR) is 78.2 cm³/mol. The molecule has 6 nitrogen and oxygen atoms in total. The van der Waals surface area contributed by atoms with E-state index in [-0.39, 0.29) is 11.9 Å². The lowest BCUT2D eigenvalue weighted by atomic mass is 10.2. The fourth-order valence-corrected chi connectivity index (χ4v) is 2.04. The lowest BCUT2D eigenvalue weighted by Gasteiger charge is -2.21. The highest BCUT2D eigenvalue weighted by molar-refractivity contribution is 6.19. The summed E-state index contributed by atoms with van der Waals surface area (Å²) in [4.78, 5) is 22.1. The van der Waals surface area contributed by atoms with E-state index in [1.54, 1.807) is 12.2 Å². The minimum atomic E-state index is -0.277. The minimum Gasteiger partial charge on any atom is -0.482 e. The molecule has 0 aliphatic carbocycles. The van der Waals surface area contributed by atoms with Gasteiger partial charge in [-0.2, -0.15) is 4.99 Å². The van der Waals surface area contributed by atoms with E-state index >= 15 is 0 Å². The van der Waals surface area contributed by atoms with Crippen molar-refractivity contribution in [2.45, 2.75) is 0 Å². The second kappa shape index (κ2) is 5.24. The number of benzene rings is 1. The van der Waals surface area contributed by atoms with Crippen LogP contribution in [0, 0.1) is 0 Å². The van der Waals surface area contributed by atoms with Gasteiger partial charge >= 0.3 is 0 Å². The smallest absolute Gasteiger partial charge is 0.286 e. The predicted octanol–water partition coefficient (Wildman–Crippen LogP) is 1.77. The molecule has 0 saturated heterocycles.